The van der Waals surface area contributed by atoms with Crippen molar-refractivity contribution in [3.05, 3.63) is 175 Å². The summed E-state index contributed by atoms with van der Waals surface area (Å²) in [7, 11) is 0. The van der Waals surface area contributed by atoms with E-state index in [4.69, 9.17) is 9.47 Å². The third kappa shape index (κ3) is 4.97. The number of rotatable bonds is 6. The molecule has 0 saturated carbocycles. The van der Waals surface area contributed by atoms with E-state index < -0.39 is 0 Å². The zero-order chi connectivity index (χ0) is 32.7. The van der Waals surface area contributed by atoms with Crippen molar-refractivity contribution in [1.82, 2.24) is 0 Å². The van der Waals surface area contributed by atoms with Crippen molar-refractivity contribution in [1.29, 1.82) is 5.26 Å². The molecule has 0 unspecified atom stereocenters. The zero-order valence-electron chi connectivity index (χ0n) is 26.4. The van der Waals surface area contributed by atoms with Gasteiger partial charge in [-0.15, -0.1) is 0 Å². The van der Waals surface area contributed by atoms with E-state index in [1.807, 2.05) is 84.9 Å². The molecule has 0 aliphatic carbocycles. The van der Waals surface area contributed by atoms with Gasteiger partial charge in [0.05, 0.1) is 11.6 Å². The van der Waals surface area contributed by atoms with E-state index >= 15 is 0 Å². The van der Waals surface area contributed by atoms with Crippen molar-refractivity contribution < 1.29 is 9.47 Å². The highest BCUT2D eigenvalue weighted by molar-refractivity contribution is 6.98. The fraction of sp³-hybridized carbons (Fsp3) is 0. The van der Waals surface area contributed by atoms with Crippen LogP contribution >= 0.6 is 0 Å². The maximum atomic E-state index is 10.00. The van der Waals surface area contributed by atoms with Gasteiger partial charge < -0.3 is 19.3 Å². The zero-order valence-corrected chi connectivity index (χ0v) is 26.4. The van der Waals surface area contributed by atoms with Gasteiger partial charge in [-0.25, -0.2) is 0 Å². The van der Waals surface area contributed by atoms with Gasteiger partial charge in [-0.05, 0) is 83.7 Å². The Balaban J connectivity index is 1.20. The molecule has 49 heavy (non-hydrogen) atoms. The number of nitrogens with zero attached hydrogens (tertiary/aromatic N) is 3. The summed E-state index contributed by atoms with van der Waals surface area (Å²) in [5.41, 5.74) is 9.64. The molecule has 2 aliphatic rings. The lowest BCUT2D eigenvalue weighted by molar-refractivity contribution is 0.464. The topological polar surface area (TPSA) is 48.7 Å². The Kier molecular flexibility index (Phi) is 6.88. The molecular formula is C43H28BN3O2. The number of para-hydroxylation sites is 4. The molecule has 0 amide bonds. The maximum Gasteiger partial charge on any atom is 0.260 e. The van der Waals surface area contributed by atoms with E-state index in [2.05, 4.69) is 101 Å². The molecule has 5 nitrogen and oxygen atoms in total. The second-order valence-electron chi connectivity index (χ2n) is 12.1. The van der Waals surface area contributed by atoms with Gasteiger partial charge in [0.2, 0.25) is 0 Å². The van der Waals surface area contributed by atoms with Crippen LogP contribution in [0.2, 0.25) is 0 Å². The van der Waals surface area contributed by atoms with E-state index in [1.54, 1.807) is 0 Å². The number of hydrogen-bond donors (Lipinski definition) is 0. The molecule has 0 fully saturated rings. The number of fused-ring (bicyclic) bond motifs is 4. The lowest BCUT2D eigenvalue weighted by Crippen LogP contribution is -2.57. The standard InChI is InChI=1S/C43H28BN3O2/c45-29-30-25-41-43-42(26-30)49-40-28-36(47(33-17-9-3-10-18-33)34-19-11-4-12-20-34)22-24-38(40)44(43)37-23-21-35(27-39(37)48-41)46(31-13-5-1-6-14-31)32-15-7-2-8-16-32/h1-28H. The summed E-state index contributed by atoms with van der Waals surface area (Å²) in [6, 6.07) is 60.1. The van der Waals surface area contributed by atoms with Crippen molar-refractivity contribution in [3.63, 3.8) is 0 Å². The molecule has 7 aromatic carbocycles. The summed E-state index contributed by atoms with van der Waals surface area (Å²) in [6.07, 6.45) is 0. The summed E-state index contributed by atoms with van der Waals surface area (Å²) < 4.78 is 13.3. The van der Waals surface area contributed by atoms with Gasteiger partial charge in [0.1, 0.15) is 23.0 Å². The minimum atomic E-state index is -0.142. The van der Waals surface area contributed by atoms with Crippen LogP contribution in [-0.2, 0) is 0 Å². The fourth-order valence-electron chi connectivity index (χ4n) is 7.02. The minimum Gasteiger partial charge on any atom is -0.458 e. The molecule has 0 spiro atoms. The first-order chi connectivity index (χ1) is 24.2. The Labute approximate surface area is 285 Å². The molecule has 0 aromatic heterocycles. The summed E-state index contributed by atoms with van der Waals surface area (Å²) in [5, 5.41) is 10.00. The number of ether oxygens (including phenoxy) is 2. The molecule has 0 atom stereocenters. The highest BCUT2D eigenvalue weighted by Crippen LogP contribution is 2.42. The fourth-order valence-corrected chi connectivity index (χ4v) is 7.02. The SMILES string of the molecule is N#Cc1cc2c3c(c1)Oc1cc(N(c4ccccc4)c4ccccc4)ccc1B3c1ccc(N(c3ccccc3)c3ccccc3)cc1O2. The number of anilines is 6. The summed E-state index contributed by atoms with van der Waals surface area (Å²) in [5.74, 6) is 2.78. The molecular weight excluding hydrogens is 601 g/mol. The van der Waals surface area contributed by atoms with Crippen LogP contribution in [0.3, 0.4) is 0 Å². The third-order valence-electron chi connectivity index (χ3n) is 9.15. The molecule has 0 saturated heterocycles. The Morgan fingerprint density at radius 1 is 0.408 bits per heavy atom. The first kappa shape index (κ1) is 28.5. The molecule has 230 valence electrons. The van der Waals surface area contributed by atoms with E-state index in [1.165, 1.54) is 0 Å². The van der Waals surface area contributed by atoms with Crippen LogP contribution in [0.25, 0.3) is 0 Å². The van der Waals surface area contributed by atoms with E-state index in [9.17, 15) is 5.26 Å². The summed E-state index contributed by atoms with van der Waals surface area (Å²) >= 11 is 0. The van der Waals surface area contributed by atoms with Gasteiger partial charge in [0.25, 0.3) is 6.71 Å². The molecule has 6 heteroatoms. The van der Waals surface area contributed by atoms with Crippen LogP contribution in [-0.4, -0.2) is 6.71 Å². The van der Waals surface area contributed by atoms with Crippen molar-refractivity contribution >= 4 is 57.2 Å². The van der Waals surface area contributed by atoms with Gasteiger partial charge in [0.15, 0.2) is 0 Å². The lowest BCUT2D eigenvalue weighted by Gasteiger charge is -2.35. The van der Waals surface area contributed by atoms with Crippen LogP contribution in [0.1, 0.15) is 5.56 Å². The van der Waals surface area contributed by atoms with E-state index in [-0.39, 0.29) is 6.71 Å². The van der Waals surface area contributed by atoms with Gasteiger partial charge in [-0.2, -0.15) is 5.26 Å². The van der Waals surface area contributed by atoms with Crippen LogP contribution in [0.5, 0.6) is 23.0 Å². The number of hydrogen-bond acceptors (Lipinski definition) is 5. The predicted molar refractivity (Wildman–Crippen MR) is 198 cm³/mol. The third-order valence-corrected chi connectivity index (χ3v) is 9.15. The van der Waals surface area contributed by atoms with Crippen molar-refractivity contribution in [2.24, 2.45) is 0 Å². The molecule has 0 bridgehead atoms. The van der Waals surface area contributed by atoms with Crippen LogP contribution < -0.4 is 35.7 Å². The Hall–Kier alpha value is -6.71. The lowest BCUT2D eigenvalue weighted by atomic mass is 9.35. The summed E-state index contributed by atoms with van der Waals surface area (Å²) in [4.78, 5) is 4.45. The number of benzene rings is 7. The van der Waals surface area contributed by atoms with Gasteiger partial charge >= 0.3 is 0 Å². The minimum absolute atomic E-state index is 0.142. The highest BCUT2D eigenvalue weighted by atomic mass is 16.5. The van der Waals surface area contributed by atoms with Crippen molar-refractivity contribution in [3.8, 4) is 29.1 Å². The van der Waals surface area contributed by atoms with Crippen molar-refractivity contribution in [2.75, 3.05) is 9.80 Å². The molecule has 0 N–H and O–H groups in total. The predicted octanol–water partition coefficient (Wildman–Crippen LogP) is 9.23. The normalized spacial score (nSPS) is 11.9. The largest absolute Gasteiger partial charge is 0.458 e. The first-order valence-corrected chi connectivity index (χ1v) is 16.3. The Morgan fingerprint density at radius 3 is 1.12 bits per heavy atom. The maximum absolute atomic E-state index is 10.00. The average molecular weight is 630 g/mol. The second kappa shape index (κ2) is 11.8. The highest BCUT2D eigenvalue weighted by Gasteiger charge is 2.41. The molecule has 2 heterocycles. The smallest absolute Gasteiger partial charge is 0.260 e. The molecule has 7 aromatic rings. The van der Waals surface area contributed by atoms with Crippen LogP contribution in [0.15, 0.2) is 170 Å². The van der Waals surface area contributed by atoms with Gasteiger partial charge in [0, 0.05) is 51.7 Å². The average Bonchev–Trinajstić information content (AvgIpc) is 3.16. The van der Waals surface area contributed by atoms with Crippen molar-refractivity contribution in [2.45, 2.75) is 0 Å². The monoisotopic (exact) mass is 629 g/mol. The second-order valence-corrected chi connectivity index (χ2v) is 12.1. The quantitative estimate of drug-likeness (QED) is 0.172. The Morgan fingerprint density at radius 2 is 0.776 bits per heavy atom. The molecule has 9 rings (SSSR count). The van der Waals surface area contributed by atoms with Gasteiger partial charge in [-0.3, -0.25) is 0 Å². The van der Waals surface area contributed by atoms with Crippen LogP contribution in [0, 0.1) is 11.3 Å². The van der Waals surface area contributed by atoms with Gasteiger partial charge in [-0.1, -0.05) is 84.9 Å². The van der Waals surface area contributed by atoms with E-state index in [0.717, 1.165) is 62.0 Å². The van der Waals surface area contributed by atoms with E-state index in [0.29, 0.717) is 17.1 Å². The molecule has 0 radical (unpaired) electrons. The first-order valence-electron chi connectivity index (χ1n) is 16.3. The molecule has 2 aliphatic heterocycles. The summed E-state index contributed by atoms with van der Waals surface area (Å²) in [6.45, 7) is -0.142. The number of nitriles is 1. The Bertz CT molecular complexity index is 2120. The van der Waals surface area contributed by atoms with Crippen LogP contribution in [0.4, 0.5) is 34.1 Å².